The van der Waals surface area contributed by atoms with Gasteiger partial charge in [-0.2, -0.15) is 5.26 Å². The number of hydrogen-bond acceptors (Lipinski definition) is 2. The Labute approximate surface area is 55.7 Å². The molecule has 9 heavy (non-hydrogen) atoms. The van der Waals surface area contributed by atoms with Crippen LogP contribution in [-0.4, -0.2) is 6.04 Å². The highest BCUT2D eigenvalue weighted by Gasteiger charge is 2.21. The number of nitrogens with zero attached hydrogens (tertiary/aromatic N) is 1. The Bertz CT molecular complexity index is 121. The monoisotopic (exact) mass is 124 g/mol. The summed E-state index contributed by atoms with van der Waals surface area (Å²) in [7, 11) is 0. The molecule has 1 unspecified atom stereocenters. The summed E-state index contributed by atoms with van der Waals surface area (Å²) in [5, 5.41) is 8.29. The Morgan fingerprint density at radius 3 is 2.78 bits per heavy atom. The van der Waals surface area contributed by atoms with Crippen LogP contribution in [-0.2, 0) is 0 Å². The quantitative estimate of drug-likeness (QED) is 0.610. The van der Waals surface area contributed by atoms with Crippen molar-refractivity contribution in [2.24, 2.45) is 11.7 Å². The van der Waals surface area contributed by atoms with Gasteiger partial charge >= 0.3 is 0 Å². The van der Waals surface area contributed by atoms with Gasteiger partial charge in [-0.1, -0.05) is 12.8 Å². The maximum Gasteiger partial charge on any atom is 0.0928 e. The standard InChI is InChI=1S/C7H12N2/c8-5-7(9)4-3-6-1-2-6/h6-7H,1-4,9H2. The van der Waals surface area contributed by atoms with E-state index < -0.39 is 0 Å². The van der Waals surface area contributed by atoms with Crippen molar-refractivity contribution in [1.29, 1.82) is 5.26 Å². The molecule has 0 saturated heterocycles. The first kappa shape index (κ1) is 6.57. The fourth-order valence-corrected chi connectivity index (χ4v) is 0.886. The van der Waals surface area contributed by atoms with Gasteiger partial charge in [0.1, 0.15) is 0 Å². The molecule has 0 heterocycles. The third-order valence-electron chi connectivity index (χ3n) is 1.75. The van der Waals surface area contributed by atoms with Crippen LogP contribution in [0.25, 0.3) is 0 Å². The second kappa shape index (κ2) is 2.84. The van der Waals surface area contributed by atoms with E-state index in [1.54, 1.807) is 0 Å². The van der Waals surface area contributed by atoms with Crippen LogP contribution in [0.2, 0.25) is 0 Å². The van der Waals surface area contributed by atoms with Gasteiger partial charge in [0, 0.05) is 0 Å². The summed E-state index contributed by atoms with van der Waals surface area (Å²) < 4.78 is 0. The van der Waals surface area contributed by atoms with Gasteiger partial charge < -0.3 is 5.73 Å². The molecular formula is C7H12N2. The summed E-state index contributed by atoms with van der Waals surface area (Å²) in [6.07, 6.45) is 4.77. The topological polar surface area (TPSA) is 49.8 Å². The lowest BCUT2D eigenvalue weighted by atomic mass is 10.1. The lowest BCUT2D eigenvalue weighted by molar-refractivity contribution is 0.624. The Kier molecular flexibility index (Phi) is 2.07. The highest BCUT2D eigenvalue weighted by Crippen LogP contribution is 2.33. The summed E-state index contributed by atoms with van der Waals surface area (Å²) in [6, 6.07) is 1.81. The van der Waals surface area contributed by atoms with Crippen molar-refractivity contribution in [2.45, 2.75) is 31.7 Å². The highest BCUT2D eigenvalue weighted by molar-refractivity contribution is 4.87. The van der Waals surface area contributed by atoms with Gasteiger partial charge in [0.25, 0.3) is 0 Å². The van der Waals surface area contributed by atoms with Crippen LogP contribution < -0.4 is 5.73 Å². The maximum absolute atomic E-state index is 8.29. The van der Waals surface area contributed by atoms with Gasteiger partial charge in [-0.15, -0.1) is 0 Å². The second-order valence-corrected chi connectivity index (χ2v) is 2.76. The predicted molar refractivity (Wildman–Crippen MR) is 35.5 cm³/mol. The fourth-order valence-electron chi connectivity index (χ4n) is 0.886. The SMILES string of the molecule is N#CC(N)CCC1CC1. The molecule has 2 heteroatoms. The summed E-state index contributed by atoms with van der Waals surface area (Å²) >= 11 is 0. The molecule has 0 spiro atoms. The van der Waals surface area contributed by atoms with E-state index in [1.165, 1.54) is 12.8 Å². The Morgan fingerprint density at radius 2 is 2.33 bits per heavy atom. The number of rotatable bonds is 3. The molecule has 0 amide bonds. The van der Waals surface area contributed by atoms with Crippen molar-refractivity contribution in [3.8, 4) is 6.07 Å². The van der Waals surface area contributed by atoms with Crippen LogP contribution in [0.15, 0.2) is 0 Å². The molecule has 0 radical (unpaired) electrons. The van der Waals surface area contributed by atoms with Crippen LogP contribution in [0.4, 0.5) is 0 Å². The lowest BCUT2D eigenvalue weighted by Crippen LogP contribution is -2.16. The molecule has 1 aliphatic carbocycles. The molecule has 2 N–H and O–H groups in total. The van der Waals surface area contributed by atoms with Gasteiger partial charge in [-0.25, -0.2) is 0 Å². The van der Waals surface area contributed by atoms with E-state index >= 15 is 0 Å². The number of nitrogens with two attached hydrogens (primary N) is 1. The minimum absolute atomic E-state index is 0.217. The largest absolute Gasteiger partial charge is 0.316 e. The molecule has 0 bridgehead atoms. The van der Waals surface area contributed by atoms with Crippen molar-refractivity contribution in [3.63, 3.8) is 0 Å². The van der Waals surface area contributed by atoms with E-state index in [0.29, 0.717) is 0 Å². The van der Waals surface area contributed by atoms with Crippen LogP contribution >= 0.6 is 0 Å². The Morgan fingerprint density at radius 1 is 1.67 bits per heavy atom. The van der Waals surface area contributed by atoms with Gasteiger partial charge in [0.15, 0.2) is 0 Å². The van der Waals surface area contributed by atoms with Crippen LogP contribution in [0.5, 0.6) is 0 Å². The zero-order chi connectivity index (χ0) is 6.69. The highest BCUT2D eigenvalue weighted by atomic mass is 14.6. The summed E-state index contributed by atoms with van der Waals surface area (Å²) in [6.45, 7) is 0. The molecule has 50 valence electrons. The Hall–Kier alpha value is -0.550. The molecule has 1 saturated carbocycles. The Balaban J connectivity index is 1.97. The lowest BCUT2D eigenvalue weighted by Gasteiger charge is -1.98. The van der Waals surface area contributed by atoms with E-state index in [-0.39, 0.29) is 6.04 Å². The average molecular weight is 124 g/mol. The third kappa shape index (κ3) is 2.48. The van der Waals surface area contributed by atoms with Gasteiger partial charge in [-0.05, 0) is 18.8 Å². The fraction of sp³-hybridized carbons (Fsp3) is 0.857. The van der Waals surface area contributed by atoms with Crippen molar-refractivity contribution < 1.29 is 0 Å². The van der Waals surface area contributed by atoms with Crippen molar-refractivity contribution in [3.05, 3.63) is 0 Å². The van der Waals surface area contributed by atoms with Gasteiger partial charge in [0.2, 0.25) is 0 Å². The molecule has 1 atom stereocenters. The zero-order valence-electron chi connectivity index (χ0n) is 5.51. The van der Waals surface area contributed by atoms with Crippen LogP contribution in [0.3, 0.4) is 0 Å². The number of nitriles is 1. The van der Waals surface area contributed by atoms with E-state index in [1.807, 2.05) is 6.07 Å². The predicted octanol–water partition coefficient (Wildman–Crippen LogP) is 1.03. The first-order valence-electron chi connectivity index (χ1n) is 3.48. The van der Waals surface area contributed by atoms with Gasteiger partial charge in [0.05, 0.1) is 12.1 Å². The summed E-state index contributed by atoms with van der Waals surface area (Å²) in [5.41, 5.74) is 5.39. The summed E-state index contributed by atoms with van der Waals surface area (Å²) in [4.78, 5) is 0. The van der Waals surface area contributed by atoms with E-state index in [4.69, 9.17) is 11.0 Å². The molecule has 1 rings (SSSR count). The van der Waals surface area contributed by atoms with Crippen molar-refractivity contribution in [1.82, 2.24) is 0 Å². The average Bonchev–Trinajstić information content (AvgIpc) is 2.65. The molecule has 1 fully saturated rings. The van der Waals surface area contributed by atoms with E-state index in [2.05, 4.69) is 0 Å². The smallest absolute Gasteiger partial charge is 0.0928 e. The molecular weight excluding hydrogens is 112 g/mol. The third-order valence-corrected chi connectivity index (χ3v) is 1.75. The molecule has 0 aliphatic heterocycles. The minimum atomic E-state index is -0.217. The first-order chi connectivity index (χ1) is 4.33. The molecule has 0 aromatic carbocycles. The maximum atomic E-state index is 8.29. The molecule has 0 aromatic rings. The number of hydrogen-bond donors (Lipinski definition) is 1. The zero-order valence-corrected chi connectivity index (χ0v) is 5.51. The minimum Gasteiger partial charge on any atom is -0.316 e. The van der Waals surface area contributed by atoms with E-state index in [0.717, 1.165) is 18.8 Å². The van der Waals surface area contributed by atoms with Crippen LogP contribution in [0, 0.1) is 17.2 Å². The van der Waals surface area contributed by atoms with Crippen molar-refractivity contribution in [2.75, 3.05) is 0 Å². The normalized spacial score (nSPS) is 20.9. The van der Waals surface area contributed by atoms with Crippen molar-refractivity contribution >= 4 is 0 Å². The first-order valence-corrected chi connectivity index (χ1v) is 3.48. The molecule has 2 nitrogen and oxygen atoms in total. The van der Waals surface area contributed by atoms with Gasteiger partial charge in [-0.3, -0.25) is 0 Å². The van der Waals surface area contributed by atoms with Crippen LogP contribution in [0.1, 0.15) is 25.7 Å². The molecule has 0 aromatic heterocycles. The van der Waals surface area contributed by atoms with E-state index in [9.17, 15) is 0 Å². The second-order valence-electron chi connectivity index (χ2n) is 2.76. The summed E-state index contributed by atoms with van der Waals surface area (Å²) in [5.74, 6) is 0.907. The molecule has 1 aliphatic rings.